The van der Waals surface area contributed by atoms with Crippen LogP contribution in [0.5, 0.6) is 0 Å². The number of nitrogens with one attached hydrogen (secondary N) is 1. The van der Waals surface area contributed by atoms with Gasteiger partial charge in [-0.1, -0.05) is 19.8 Å². The summed E-state index contributed by atoms with van der Waals surface area (Å²) in [6, 6.07) is 0. The Morgan fingerprint density at radius 1 is 1.50 bits per heavy atom. The maximum Gasteiger partial charge on any atom is 0.0925 e. The summed E-state index contributed by atoms with van der Waals surface area (Å²) in [6.07, 6.45) is 7.17. The molecule has 1 heterocycles. The molecular formula is C12H20N2OS. The minimum atomic E-state index is -0.446. The molecule has 1 fully saturated rings. The summed E-state index contributed by atoms with van der Waals surface area (Å²) in [4.78, 5) is 5.58. The van der Waals surface area contributed by atoms with Crippen LogP contribution in [-0.4, -0.2) is 22.2 Å². The summed E-state index contributed by atoms with van der Waals surface area (Å²) in [5.74, 6) is 0. The molecule has 1 aliphatic rings. The molecule has 4 heteroatoms. The van der Waals surface area contributed by atoms with Gasteiger partial charge in [0.25, 0.3) is 0 Å². The van der Waals surface area contributed by atoms with E-state index < -0.39 is 5.60 Å². The second kappa shape index (κ2) is 5.25. The van der Waals surface area contributed by atoms with Crippen LogP contribution in [0.15, 0.2) is 6.20 Å². The third-order valence-electron chi connectivity index (χ3n) is 3.19. The molecule has 1 aromatic rings. The SMILES string of the molecule is CCc1ncc(CNCC2(O)CCCC2)s1. The Morgan fingerprint density at radius 3 is 2.88 bits per heavy atom. The number of aromatic nitrogens is 1. The molecular weight excluding hydrogens is 220 g/mol. The van der Waals surface area contributed by atoms with Crippen LogP contribution in [0.4, 0.5) is 0 Å². The topological polar surface area (TPSA) is 45.2 Å². The van der Waals surface area contributed by atoms with E-state index in [1.807, 2.05) is 6.20 Å². The Kier molecular flexibility index (Phi) is 3.95. The maximum absolute atomic E-state index is 10.1. The molecule has 0 radical (unpaired) electrons. The largest absolute Gasteiger partial charge is 0.389 e. The Balaban J connectivity index is 1.75. The monoisotopic (exact) mass is 240 g/mol. The maximum atomic E-state index is 10.1. The van der Waals surface area contributed by atoms with Crippen molar-refractivity contribution in [2.45, 2.75) is 51.2 Å². The van der Waals surface area contributed by atoms with Crippen molar-refractivity contribution >= 4 is 11.3 Å². The number of nitrogens with zero attached hydrogens (tertiary/aromatic N) is 1. The van der Waals surface area contributed by atoms with Crippen molar-refractivity contribution in [2.75, 3.05) is 6.54 Å². The Hall–Kier alpha value is -0.450. The molecule has 0 amide bonds. The lowest BCUT2D eigenvalue weighted by molar-refractivity contribution is 0.0475. The van der Waals surface area contributed by atoms with Gasteiger partial charge in [-0.3, -0.25) is 0 Å². The Labute approximate surface area is 101 Å². The fraction of sp³-hybridized carbons (Fsp3) is 0.750. The molecule has 3 nitrogen and oxygen atoms in total. The number of hydrogen-bond donors (Lipinski definition) is 2. The smallest absolute Gasteiger partial charge is 0.0925 e. The second-order valence-electron chi connectivity index (χ2n) is 4.61. The van der Waals surface area contributed by atoms with Gasteiger partial charge < -0.3 is 10.4 Å². The minimum absolute atomic E-state index is 0.446. The summed E-state index contributed by atoms with van der Waals surface area (Å²) >= 11 is 1.76. The van der Waals surface area contributed by atoms with Gasteiger partial charge >= 0.3 is 0 Å². The molecule has 2 N–H and O–H groups in total. The highest BCUT2D eigenvalue weighted by Crippen LogP contribution is 2.28. The number of aryl methyl sites for hydroxylation is 1. The Morgan fingerprint density at radius 2 is 2.25 bits per heavy atom. The van der Waals surface area contributed by atoms with Crippen molar-refractivity contribution in [1.29, 1.82) is 0 Å². The van der Waals surface area contributed by atoms with Gasteiger partial charge in [0.1, 0.15) is 0 Å². The van der Waals surface area contributed by atoms with Gasteiger partial charge in [0, 0.05) is 24.2 Å². The average molecular weight is 240 g/mol. The van der Waals surface area contributed by atoms with Crippen molar-refractivity contribution in [3.63, 3.8) is 0 Å². The first-order valence-electron chi connectivity index (χ1n) is 6.08. The zero-order valence-corrected chi connectivity index (χ0v) is 10.6. The molecule has 1 aliphatic carbocycles. The molecule has 1 saturated carbocycles. The van der Waals surface area contributed by atoms with Crippen molar-refractivity contribution in [1.82, 2.24) is 10.3 Å². The molecule has 90 valence electrons. The normalized spacial score (nSPS) is 19.1. The molecule has 1 aromatic heterocycles. The van der Waals surface area contributed by atoms with E-state index in [0.29, 0.717) is 6.54 Å². The molecule has 0 aliphatic heterocycles. The number of rotatable bonds is 5. The van der Waals surface area contributed by atoms with Gasteiger partial charge in [0.2, 0.25) is 0 Å². The van der Waals surface area contributed by atoms with Crippen LogP contribution in [0, 0.1) is 0 Å². The van der Waals surface area contributed by atoms with Gasteiger partial charge in [0.15, 0.2) is 0 Å². The molecule has 0 unspecified atom stereocenters. The minimum Gasteiger partial charge on any atom is -0.389 e. The fourth-order valence-corrected chi connectivity index (χ4v) is 3.05. The Bertz CT molecular complexity index is 332. The second-order valence-corrected chi connectivity index (χ2v) is 5.81. The number of hydrogen-bond acceptors (Lipinski definition) is 4. The zero-order valence-electron chi connectivity index (χ0n) is 9.83. The fourth-order valence-electron chi connectivity index (χ4n) is 2.22. The van der Waals surface area contributed by atoms with Gasteiger partial charge in [-0.2, -0.15) is 0 Å². The average Bonchev–Trinajstić information content (AvgIpc) is 2.88. The molecule has 0 aromatic carbocycles. The van der Waals surface area contributed by atoms with Gasteiger partial charge in [-0.15, -0.1) is 11.3 Å². The first kappa shape index (κ1) is 12.0. The lowest BCUT2D eigenvalue weighted by Crippen LogP contribution is -2.37. The predicted octanol–water partition coefficient (Wildman–Crippen LogP) is 2.10. The first-order chi connectivity index (χ1) is 7.72. The van der Waals surface area contributed by atoms with Crippen molar-refractivity contribution in [3.8, 4) is 0 Å². The summed E-state index contributed by atoms with van der Waals surface area (Å²) in [7, 11) is 0. The molecule has 0 atom stereocenters. The van der Waals surface area contributed by atoms with Crippen LogP contribution < -0.4 is 5.32 Å². The van der Waals surface area contributed by atoms with Crippen LogP contribution >= 0.6 is 11.3 Å². The quantitative estimate of drug-likeness (QED) is 0.828. The van der Waals surface area contributed by atoms with E-state index in [4.69, 9.17) is 0 Å². The highest BCUT2D eigenvalue weighted by atomic mass is 32.1. The van der Waals surface area contributed by atoms with Gasteiger partial charge in [-0.05, 0) is 19.3 Å². The molecule has 0 bridgehead atoms. The summed E-state index contributed by atoms with van der Waals surface area (Å²) < 4.78 is 0. The predicted molar refractivity (Wildman–Crippen MR) is 66.6 cm³/mol. The summed E-state index contributed by atoms with van der Waals surface area (Å²) in [5, 5.41) is 14.7. The first-order valence-corrected chi connectivity index (χ1v) is 6.90. The van der Waals surface area contributed by atoms with E-state index in [-0.39, 0.29) is 0 Å². The van der Waals surface area contributed by atoms with Gasteiger partial charge in [0.05, 0.1) is 10.6 Å². The number of aliphatic hydroxyl groups is 1. The van der Waals surface area contributed by atoms with E-state index >= 15 is 0 Å². The summed E-state index contributed by atoms with van der Waals surface area (Å²) in [5.41, 5.74) is -0.446. The third kappa shape index (κ3) is 3.03. The zero-order chi connectivity index (χ0) is 11.4. The highest BCUT2D eigenvalue weighted by molar-refractivity contribution is 7.11. The van der Waals surface area contributed by atoms with Crippen LogP contribution in [0.25, 0.3) is 0 Å². The molecule has 16 heavy (non-hydrogen) atoms. The molecule has 0 saturated heterocycles. The summed E-state index contributed by atoms with van der Waals surface area (Å²) in [6.45, 7) is 3.67. The lowest BCUT2D eigenvalue weighted by Gasteiger charge is -2.22. The van der Waals surface area contributed by atoms with E-state index in [0.717, 1.165) is 25.8 Å². The van der Waals surface area contributed by atoms with E-state index in [9.17, 15) is 5.11 Å². The van der Waals surface area contributed by atoms with E-state index in [1.54, 1.807) is 11.3 Å². The van der Waals surface area contributed by atoms with E-state index in [2.05, 4.69) is 17.2 Å². The number of thiazole rings is 1. The van der Waals surface area contributed by atoms with Crippen molar-refractivity contribution < 1.29 is 5.11 Å². The van der Waals surface area contributed by atoms with E-state index in [1.165, 1.54) is 22.7 Å². The van der Waals surface area contributed by atoms with Crippen LogP contribution in [-0.2, 0) is 13.0 Å². The van der Waals surface area contributed by atoms with Gasteiger partial charge in [-0.25, -0.2) is 4.98 Å². The molecule has 2 rings (SSSR count). The highest BCUT2D eigenvalue weighted by Gasteiger charge is 2.30. The molecule has 0 spiro atoms. The van der Waals surface area contributed by atoms with Crippen LogP contribution in [0.3, 0.4) is 0 Å². The standard InChI is InChI=1S/C12H20N2OS/c1-2-11-14-8-10(16-11)7-13-9-12(15)5-3-4-6-12/h8,13,15H,2-7,9H2,1H3. The van der Waals surface area contributed by atoms with Crippen LogP contribution in [0.2, 0.25) is 0 Å². The van der Waals surface area contributed by atoms with Crippen molar-refractivity contribution in [3.05, 3.63) is 16.1 Å². The third-order valence-corrected chi connectivity index (χ3v) is 4.33. The lowest BCUT2D eigenvalue weighted by atomic mass is 10.0. The van der Waals surface area contributed by atoms with Crippen molar-refractivity contribution in [2.24, 2.45) is 0 Å². The van der Waals surface area contributed by atoms with Crippen LogP contribution in [0.1, 0.15) is 42.5 Å².